The molecule has 0 unspecified atom stereocenters. The largest absolute Gasteiger partial charge is 0.398 e. The van der Waals surface area contributed by atoms with E-state index in [1.807, 2.05) is 0 Å². The van der Waals surface area contributed by atoms with Gasteiger partial charge in [0.15, 0.2) is 17.5 Å². The predicted molar refractivity (Wildman–Crippen MR) is 73.2 cm³/mol. The first-order chi connectivity index (χ1) is 10.6. The van der Waals surface area contributed by atoms with Crippen LogP contribution in [0.25, 0.3) is 11.1 Å². The summed E-state index contributed by atoms with van der Waals surface area (Å²) in [6, 6.07) is 3.38. The molecule has 0 fully saturated rings. The smallest absolute Gasteiger partial charge is 0.206 e. The summed E-state index contributed by atoms with van der Waals surface area (Å²) in [5.41, 5.74) is -0.768. The highest BCUT2D eigenvalue weighted by Gasteiger charge is 2.28. The zero-order chi connectivity index (χ0) is 17.4. The third-order valence-electron chi connectivity index (χ3n) is 2.98. The van der Waals surface area contributed by atoms with Crippen LogP contribution < -0.4 is 0 Å². The van der Waals surface area contributed by atoms with Crippen LogP contribution >= 0.6 is 11.8 Å². The maximum atomic E-state index is 14.0. The molecule has 0 saturated carbocycles. The second-order valence-corrected chi connectivity index (χ2v) is 5.74. The van der Waals surface area contributed by atoms with Gasteiger partial charge in [-0.15, -0.1) is 11.8 Å². The molecule has 8 heteroatoms. The topological polar surface area (TPSA) is 0 Å². The quantitative estimate of drug-likeness (QED) is 0.377. The Morgan fingerprint density at radius 3 is 2.13 bits per heavy atom. The first-order valence-corrected chi connectivity index (χ1v) is 7.22. The highest BCUT2D eigenvalue weighted by atomic mass is 32.2. The van der Waals surface area contributed by atoms with E-state index in [0.717, 1.165) is 18.2 Å². The van der Waals surface area contributed by atoms with Crippen LogP contribution in [0.2, 0.25) is 0 Å². The van der Waals surface area contributed by atoms with Crippen LogP contribution in [0.1, 0.15) is 5.56 Å². The summed E-state index contributed by atoms with van der Waals surface area (Å²) in [5, 5.41) is 0. The molecular formula is C15H9F7S. The maximum Gasteiger partial charge on any atom is 0.398 e. The fourth-order valence-corrected chi connectivity index (χ4v) is 2.72. The number of halogens is 7. The average Bonchev–Trinajstić information content (AvgIpc) is 2.44. The number of aryl methyl sites for hydroxylation is 1. The molecule has 124 valence electrons. The minimum atomic E-state index is -4.43. The van der Waals surface area contributed by atoms with Crippen LogP contribution in [0.3, 0.4) is 0 Å². The molecule has 0 heterocycles. The van der Waals surface area contributed by atoms with Gasteiger partial charge in [-0.2, -0.15) is 13.2 Å². The molecule has 0 amide bonds. The number of rotatable bonds is 3. The second-order valence-electron chi connectivity index (χ2n) is 4.72. The molecule has 0 aliphatic rings. The van der Waals surface area contributed by atoms with Gasteiger partial charge in [-0.05, 0) is 36.8 Å². The van der Waals surface area contributed by atoms with Crippen molar-refractivity contribution in [3.05, 3.63) is 53.1 Å². The summed E-state index contributed by atoms with van der Waals surface area (Å²) in [7, 11) is 0. The minimum Gasteiger partial charge on any atom is -0.206 e. The lowest BCUT2D eigenvalue weighted by Crippen LogP contribution is -2.10. The Morgan fingerprint density at radius 1 is 0.870 bits per heavy atom. The van der Waals surface area contributed by atoms with Crippen LogP contribution in [0.15, 0.2) is 29.2 Å². The SMILES string of the molecule is Cc1cc(F)c(-c2ccc(F)c(F)c2F)cc1SCC(F)(F)F. The van der Waals surface area contributed by atoms with Gasteiger partial charge >= 0.3 is 6.18 Å². The normalized spacial score (nSPS) is 11.8. The van der Waals surface area contributed by atoms with Gasteiger partial charge in [0.2, 0.25) is 0 Å². The van der Waals surface area contributed by atoms with Crippen molar-refractivity contribution in [2.45, 2.75) is 18.0 Å². The van der Waals surface area contributed by atoms with Crippen LogP contribution in [-0.2, 0) is 0 Å². The lowest BCUT2D eigenvalue weighted by molar-refractivity contribution is -0.105. The first-order valence-electron chi connectivity index (χ1n) is 6.23. The van der Waals surface area contributed by atoms with Crippen molar-refractivity contribution in [3.8, 4) is 11.1 Å². The zero-order valence-corrected chi connectivity index (χ0v) is 12.4. The van der Waals surface area contributed by atoms with E-state index in [0.29, 0.717) is 17.8 Å². The van der Waals surface area contributed by atoms with Gasteiger partial charge in [-0.1, -0.05) is 0 Å². The molecule has 0 spiro atoms. The molecule has 2 aromatic rings. The third kappa shape index (κ3) is 3.99. The molecule has 0 saturated heterocycles. The maximum absolute atomic E-state index is 14.0. The van der Waals surface area contributed by atoms with Crippen molar-refractivity contribution in [2.75, 3.05) is 5.75 Å². The van der Waals surface area contributed by atoms with Gasteiger partial charge in [0, 0.05) is 16.0 Å². The summed E-state index contributed by atoms with van der Waals surface area (Å²) in [4.78, 5) is 0.0721. The van der Waals surface area contributed by atoms with Crippen LogP contribution in [0.4, 0.5) is 30.7 Å². The monoisotopic (exact) mass is 354 g/mol. The highest BCUT2D eigenvalue weighted by molar-refractivity contribution is 7.99. The van der Waals surface area contributed by atoms with E-state index in [9.17, 15) is 30.7 Å². The molecule has 23 heavy (non-hydrogen) atoms. The minimum absolute atomic E-state index is 0.0721. The van der Waals surface area contributed by atoms with Gasteiger partial charge < -0.3 is 0 Å². The lowest BCUT2D eigenvalue weighted by atomic mass is 10.0. The van der Waals surface area contributed by atoms with Gasteiger partial charge in [0.25, 0.3) is 0 Å². The molecule has 0 atom stereocenters. The van der Waals surface area contributed by atoms with Crippen molar-refractivity contribution >= 4 is 11.8 Å². The molecule has 2 rings (SSSR count). The molecule has 0 aliphatic heterocycles. The van der Waals surface area contributed by atoms with Crippen molar-refractivity contribution in [1.82, 2.24) is 0 Å². The Bertz CT molecular complexity index is 738. The molecule has 0 nitrogen and oxygen atoms in total. The molecule has 0 radical (unpaired) electrons. The number of thioether (sulfide) groups is 1. The Hall–Kier alpha value is -1.70. The third-order valence-corrected chi connectivity index (χ3v) is 4.20. The highest BCUT2D eigenvalue weighted by Crippen LogP contribution is 2.35. The van der Waals surface area contributed by atoms with E-state index in [2.05, 4.69) is 0 Å². The first kappa shape index (κ1) is 17.7. The molecule has 0 aromatic heterocycles. The van der Waals surface area contributed by atoms with E-state index in [4.69, 9.17) is 0 Å². The van der Waals surface area contributed by atoms with E-state index in [-0.39, 0.29) is 10.5 Å². The van der Waals surface area contributed by atoms with Gasteiger partial charge in [-0.25, -0.2) is 17.6 Å². The van der Waals surface area contributed by atoms with Gasteiger partial charge in [-0.3, -0.25) is 0 Å². The van der Waals surface area contributed by atoms with Crippen molar-refractivity contribution in [1.29, 1.82) is 0 Å². The van der Waals surface area contributed by atoms with E-state index in [1.165, 1.54) is 6.92 Å². The molecular weight excluding hydrogens is 345 g/mol. The fourth-order valence-electron chi connectivity index (χ4n) is 1.91. The van der Waals surface area contributed by atoms with Gasteiger partial charge in [0.1, 0.15) is 5.82 Å². The van der Waals surface area contributed by atoms with E-state index in [1.54, 1.807) is 0 Å². The summed E-state index contributed by atoms with van der Waals surface area (Å²) < 4.78 is 90.8. The van der Waals surface area contributed by atoms with Crippen LogP contribution in [0.5, 0.6) is 0 Å². The van der Waals surface area contributed by atoms with Crippen molar-refractivity contribution in [3.63, 3.8) is 0 Å². The predicted octanol–water partition coefficient (Wildman–Crippen LogP) is 5.87. The lowest BCUT2D eigenvalue weighted by Gasteiger charge is -2.12. The second kappa shape index (κ2) is 6.43. The average molecular weight is 354 g/mol. The van der Waals surface area contributed by atoms with Crippen LogP contribution in [0, 0.1) is 30.2 Å². The number of hydrogen-bond acceptors (Lipinski definition) is 1. The molecule has 0 aliphatic carbocycles. The van der Waals surface area contributed by atoms with Crippen molar-refractivity contribution in [2.24, 2.45) is 0 Å². The molecule has 0 bridgehead atoms. The Balaban J connectivity index is 2.49. The van der Waals surface area contributed by atoms with Crippen molar-refractivity contribution < 1.29 is 30.7 Å². The molecule has 2 aromatic carbocycles. The summed E-state index contributed by atoms with van der Waals surface area (Å²) >= 11 is 0.403. The summed E-state index contributed by atoms with van der Waals surface area (Å²) in [6.45, 7) is 1.40. The fraction of sp³-hybridized carbons (Fsp3) is 0.200. The zero-order valence-electron chi connectivity index (χ0n) is 11.6. The Labute approximate surface area is 131 Å². The summed E-state index contributed by atoms with van der Waals surface area (Å²) in [5.74, 6) is -6.96. The Kier molecular flexibility index (Phi) is 4.93. The number of benzene rings is 2. The Morgan fingerprint density at radius 2 is 1.52 bits per heavy atom. The van der Waals surface area contributed by atoms with Gasteiger partial charge in [0.05, 0.1) is 5.75 Å². The van der Waals surface area contributed by atoms with Crippen LogP contribution in [-0.4, -0.2) is 11.9 Å². The van der Waals surface area contributed by atoms with E-state index < -0.39 is 46.3 Å². The van der Waals surface area contributed by atoms with E-state index >= 15 is 0 Å². The number of alkyl halides is 3. The summed E-state index contributed by atoms with van der Waals surface area (Å²) in [6.07, 6.45) is -4.43. The number of hydrogen-bond donors (Lipinski definition) is 0. The standard InChI is InChI=1S/C15H9F7S/c1-7-4-11(17)9(5-12(7)23-6-15(20,21)22)8-2-3-10(16)14(19)13(8)18/h2-5H,6H2,1H3. The molecule has 0 N–H and O–H groups in total.